The summed E-state index contributed by atoms with van der Waals surface area (Å²) in [7, 11) is 0. The molecule has 6 heavy (non-hydrogen) atoms. The number of nitrogens with two attached hydrogens (primary N) is 1. The SMILES string of the molecule is [Au+].[CH2-]C(N)CO. The van der Waals surface area contributed by atoms with E-state index < -0.39 is 0 Å². The Labute approximate surface area is 53.2 Å². The van der Waals surface area contributed by atoms with Crippen molar-refractivity contribution in [2.75, 3.05) is 6.61 Å². The van der Waals surface area contributed by atoms with E-state index in [4.69, 9.17) is 10.8 Å². The van der Waals surface area contributed by atoms with Crippen LogP contribution in [0.15, 0.2) is 0 Å². The zero-order chi connectivity index (χ0) is 4.28. The molecule has 0 aromatic heterocycles. The van der Waals surface area contributed by atoms with Gasteiger partial charge in [-0.15, -0.1) is 0 Å². The smallest absolute Gasteiger partial charge is 0.398 e. The van der Waals surface area contributed by atoms with Crippen molar-refractivity contribution in [3.8, 4) is 0 Å². The monoisotopic (exact) mass is 271 g/mol. The van der Waals surface area contributed by atoms with E-state index in [1.807, 2.05) is 0 Å². The second-order valence-electron chi connectivity index (χ2n) is 0.943. The molecular formula is C3H8AuNO. The molecule has 42 valence electrons. The molecule has 0 rings (SSSR count). The van der Waals surface area contributed by atoms with Crippen molar-refractivity contribution >= 4 is 0 Å². The fourth-order valence-corrected chi connectivity index (χ4v) is 0. The summed E-state index contributed by atoms with van der Waals surface area (Å²) < 4.78 is 0. The van der Waals surface area contributed by atoms with Crippen molar-refractivity contribution in [2.24, 2.45) is 5.73 Å². The Morgan fingerprint density at radius 3 is 2.00 bits per heavy atom. The van der Waals surface area contributed by atoms with Crippen molar-refractivity contribution in [1.29, 1.82) is 0 Å². The molecule has 0 fully saturated rings. The molecule has 3 N–H and O–H groups in total. The van der Waals surface area contributed by atoms with Gasteiger partial charge in [0, 0.05) is 6.61 Å². The molecule has 1 atom stereocenters. The Balaban J connectivity index is 0. The van der Waals surface area contributed by atoms with E-state index in [9.17, 15) is 0 Å². The number of aliphatic hydroxyl groups excluding tert-OH is 1. The molecule has 0 aliphatic heterocycles. The molecule has 0 radical (unpaired) electrons. The predicted molar refractivity (Wildman–Crippen MR) is 20.4 cm³/mol. The van der Waals surface area contributed by atoms with Gasteiger partial charge in [-0.1, -0.05) is 6.04 Å². The minimum Gasteiger partial charge on any atom is -0.398 e. The van der Waals surface area contributed by atoms with Gasteiger partial charge in [-0.25, -0.2) is 0 Å². The minimum atomic E-state index is -0.310. The van der Waals surface area contributed by atoms with Crippen LogP contribution in [0.4, 0.5) is 0 Å². The number of rotatable bonds is 1. The van der Waals surface area contributed by atoms with E-state index in [0.29, 0.717) is 0 Å². The average Bonchev–Trinajstić information content (AvgIpc) is 1.38. The van der Waals surface area contributed by atoms with Crippen LogP contribution in [0.5, 0.6) is 0 Å². The van der Waals surface area contributed by atoms with E-state index in [-0.39, 0.29) is 35.0 Å². The van der Waals surface area contributed by atoms with Crippen molar-refractivity contribution in [1.82, 2.24) is 0 Å². The maximum Gasteiger partial charge on any atom is 1.00 e. The van der Waals surface area contributed by atoms with E-state index in [1.54, 1.807) is 0 Å². The van der Waals surface area contributed by atoms with Gasteiger partial charge in [0.1, 0.15) is 0 Å². The third kappa shape index (κ3) is 8.82. The normalized spacial score (nSPS) is 12.5. The molecule has 2 nitrogen and oxygen atoms in total. The summed E-state index contributed by atoms with van der Waals surface area (Å²) >= 11 is 0. The molecule has 0 aromatic rings. The van der Waals surface area contributed by atoms with Crippen LogP contribution >= 0.6 is 0 Å². The number of aliphatic hydroxyl groups is 1. The third-order valence-corrected chi connectivity index (χ3v) is 0.235. The molecule has 0 saturated heterocycles. The van der Waals surface area contributed by atoms with Crippen LogP contribution in [-0.2, 0) is 22.4 Å². The summed E-state index contributed by atoms with van der Waals surface area (Å²) in [4.78, 5) is 0. The van der Waals surface area contributed by atoms with Gasteiger partial charge >= 0.3 is 22.4 Å². The molecule has 0 heterocycles. The second kappa shape index (κ2) is 5.66. The largest absolute Gasteiger partial charge is 1.00 e. The molecule has 3 heteroatoms. The Bertz CT molecular complexity index is 24.8. The van der Waals surface area contributed by atoms with Gasteiger partial charge in [-0.3, -0.25) is 0 Å². The van der Waals surface area contributed by atoms with Crippen molar-refractivity contribution in [3.63, 3.8) is 0 Å². The van der Waals surface area contributed by atoms with Crippen LogP contribution in [0.2, 0.25) is 0 Å². The molecule has 0 bridgehead atoms. The Morgan fingerprint density at radius 1 is 1.83 bits per heavy atom. The van der Waals surface area contributed by atoms with E-state index in [0.717, 1.165) is 0 Å². The van der Waals surface area contributed by atoms with E-state index in [1.165, 1.54) is 0 Å². The molecular weight excluding hydrogens is 263 g/mol. The fraction of sp³-hybridized carbons (Fsp3) is 0.667. The molecule has 0 aliphatic carbocycles. The van der Waals surface area contributed by atoms with Crippen molar-refractivity contribution in [2.45, 2.75) is 6.04 Å². The molecule has 1 unspecified atom stereocenters. The Morgan fingerprint density at radius 2 is 2.00 bits per heavy atom. The first kappa shape index (κ1) is 9.83. The zero-order valence-corrected chi connectivity index (χ0v) is 5.48. The van der Waals surface area contributed by atoms with E-state index >= 15 is 0 Å². The van der Waals surface area contributed by atoms with Crippen LogP contribution in [0, 0.1) is 6.92 Å². The quantitative estimate of drug-likeness (QED) is 0.481. The first-order valence-electron chi connectivity index (χ1n) is 1.47. The molecule has 0 amide bonds. The molecule has 0 aromatic carbocycles. The first-order valence-corrected chi connectivity index (χ1v) is 1.47. The van der Waals surface area contributed by atoms with Crippen LogP contribution < -0.4 is 5.73 Å². The van der Waals surface area contributed by atoms with Gasteiger partial charge in [0.05, 0.1) is 0 Å². The maximum absolute atomic E-state index is 7.96. The maximum atomic E-state index is 7.96. The van der Waals surface area contributed by atoms with Crippen molar-refractivity contribution in [3.05, 3.63) is 6.92 Å². The topological polar surface area (TPSA) is 46.2 Å². The second-order valence-corrected chi connectivity index (χ2v) is 0.943. The number of hydrogen-bond acceptors (Lipinski definition) is 2. The van der Waals surface area contributed by atoms with E-state index in [2.05, 4.69) is 6.92 Å². The van der Waals surface area contributed by atoms with Crippen LogP contribution in [0.3, 0.4) is 0 Å². The summed E-state index contributed by atoms with van der Waals surface area (Å²) in [6.07, 6.45) is 0. The third-order valence-electron chi connectivity index (χ3n) is 0.235. The summed E-state index contributed by atoms with van der Waals surface area (Å²) in [5.74, 6) is 0. The summed E-state index contributed by atoms with van der Waals surface area (Å²) in [5.41, 5.74) is 4.93. The Kier molecular flexibility index (Phi) is 9.27. The van der Waals surface area contributed by atoms with Crippen LogP contribution in [0.25, 0.3) is 0 Å². The average molecular weight is 271 g/mol. The van der Waals surface area contributed by atoms with Gasteiger partial charge in [0.2, 0.25) is 0 Å². The molecule has 0 spiro atoms. The van der Waals surface area contributed by atoms with Gasteiger partial charge < -0.3 is 17.8 Å². The molecule has 0 saturated carbocycles. The van der Waals surface area contributed by atoms with Gasteiger partial charge in [-0.2, -0.15) is 0 Å². The van der Waals surface area contributed by atoms with Gasteiger partial charge in [0.15, 0.2) is 0 Å². The standard InChI is InChI=1S/C3H8NO.Au/c1-3(4)2-5;/h3,5H,1-2,4H2;/q-1;+1. The minimum absolute atomic E-state index is 0. The van der Waals surface area contributed by atoms with Crippen molar-refractivity contribution < 1.29 is 27.5 Å². The zero-order valence-electron chi connectivity index (χ0n) is 3.32. The number of hydrogen-bond donors (Lipinski definition) is 2. The van der Waals surface area contributed by atoms with Gasteiger partial charge in [0.25, 0.3) is 0 Å². The first-order chi connectivity index (χ1) is 2.27. The summed E-state index contributed by atoms with van der Waals surface area (Å²) in [5, 5.41) is 7.96. The van der Waals surface area contributed by atoms with Crippen LogP contribution in [0.1, 0.15) is 0 Å². The van der Waals surface area contributed by atoms with Crippen LogP contribution in [-0.4, -0.2) is 17.8 Å². The fourth-order valence-electron chi connectivity index (χ4n) is 0. The predicted octanol–water partition coefficient (Wildman–Crippen LogP) is -0.862. The van der Waals surface area contributed by atoms with Gasteiger partial charge in [-0.05, 0) is 0 Å². The summed E-state index contributed by atoms with van der Waals surface area (Å²) in [6, 6.07) is -0.310. The molecule has 0 aliphatic rings. The Hall–Kier alpha value is 0.660. The summed E-state index contributed by atoms with van der Waals surface area (Å²) in [6.45, 7) is 3.26.